The van der Waals surface area contributed by atoms with Crippen molar-refractivity contribution in [2.45, 2.75) is 12.2 Å². The van der Waals surface area contributed by atoms with Gasteiger partial charge in [-0.2, -0.15) is 0 Å². The summed E-state index contributed by atoms with van der Waals surface area (Å²) in [7, 11) is 0. The van der Waals surface area contributed by atoms with E-state index in [0.717, 1.165) is 0 Å². The second-order valence-electron chi connectivity index (χ2n) is 6.96. The van der Waals surface area contributed by atoms with Crippen LogP contribution in [0.1, 0.15) is 10.5 Å². The Morgan fingerprint density at radius 1 is 1.10 bits per heavy atom. The molecule has 2 aromatic carbocycles. The molecule has 0 aliphatic carbocycles. The summed E-state index contributed by atoms with van der Waals surface area (Å²) in [6, 6.07) is 14.0. The molecule has 2 unspecified atom stereocenters. The van der Waals surface area contributed by atoms with Gasteiger partial charge in [-0.3, -0.25) is 4.79 Å². The number of anilines is 1. The summed E-state index contributed by atoms with van der Waals surface area (Å²) in [5.41, 5.74) is 6.10. The lowest BCUT2D eigenvalue weighted by Crippen LogP contribution is -2.24. The van der Waals surface area contributed by atoms with Gasteiger partial charge in [-0.1, -0.05) is 0 Å². The predicted octanol–water partition coefficient (Wildman–Crippen LogP) is 1.45. The molecule has 3 aromatic rings. The Balaban J connectivity index is 1.61. The SMILES string of the molecule is NC(=O)c1cc(N2CC(O)C([OH2+])C2)nc(-c2ccc(Oc3ccc(F)cc3)cc2)n1. The maximum absolute atomic E-state index is 13.0. The molecule has 1 fully saturated rings. The van der Waals surface area contributed by atoms with Crippen molar-refractivity contribution in [3.63, 3.8) is 0 Å². The Labute approximate surface area is 171 Å². The van der Waals surface area contributed by atoms with E-state index in [1.807, 2.05) is 0 Å². The number of carbonyl (C=O) groups is 1. The Hall–Kier alpha value is -3.56. The van der Waals surface area contributed by atoms with E-state index in [9.17, 15) is 14.3 Å². The van der Waals surface area contributed by atoms with Crippen LogP contribution in [0.4, 0.5) is 10.2 Å². The van der Waals surface area contributed by atoms with Gasteiger partial charge in [0, 0.05) is 11.6 Å². The number of benzene rings is 2. The molecule has 4 rings (SSSR count). The van der Waals surface area contributed by atoms with E-state index in [2.05, 4.69) is 9.97 Å². The number of β-amino-alcohol motifs (C(OH)–C–C–N with tert-alkyl or cyclic N) is 1. The summed E-state index contributed by atoms with van der Waals surface area (Å²) in [6.45, 7) is 0.535. The second-order valence-corrected chi connectivity index (χ2v) is 6.96. The van der Waals surface area contributed by atoms with Crippen molar-refractivity contribution in [3.8, 4) is 22.9 Å². The van der Waals surface area contributed by atoms with E-state index in [-0.39, 0.29) is 23.9 Å². The topological polar surface area (TPSA) is 124 Å². The van der Waals surface area contributed by atoms with Crippen LogP contribution < -0.4 is 15.4 Å². The molecule has 30 heavy (non-hydrogen) atoms. The van der Waals surface area contributed by atoms with Crippen molar-refractivity contribution < 1.29 is 24.1 Å². The van der Waals surface area contributed by atoms with Gasteiger partial charge >= 0.3 is 0 Å². The molecule has 2 heterocycles. The molecular weight excluding hydrogens is 391 g/mol. The molecule has 0 radical (unpaired) electrons. The average Bonchev–Trinajstić information content (AvgIpc) is 3.08. The third kappa shape index (κ3) is 4.22. The quantitative estimate of drug-likeness (QED) is 0.613. The fraction of sp³-hybridized carbons (Fsp3) is 0.190. The number of ether oxygens (including phenoxy) is 1. The van der Waals surface area contributed by atoms with Crippen molar-refractivity contribution in [2.24, 2.45) is 5.73 Å². The maximum Gasteiger partial charge on any atom is 0.267 e. The minimum absolute atomic E-state index is 0.0459. The van der Waals surface area contributed by atoms with Gasteiger partial charge in [0.1, 0.15) is 34.9 Å². The lowest BCUT2D eigenvalue weighted by atomic mass is 10.2. The first-order valence-corrected chi connectivity index (χ1v) is 9.26. The molecule has 1 aliphatic heterocycles. The molecule has 0 saturated carbocycles. The first kappa shape index (κ1) is 19.7. The number of aliphatic hydroxyl groups excluding tert-OH is 1. The van der Waals surface area contributed by atoms with Crippen molar-refractivity contribution in [1.29, 1.82) is 0 Å². The van der Waals surface area contributed by atoms with Crippen LogP contribution in [0.25, 0.3) is 11.4 Å². The highest BCUT2D eigenvalue weighted by Gasteiger charge is 2.34. The molecule has 1 amide bonds. The third-order valence-corrected chi connectivity index (χ3v) is 4.74. The molecule has 154 valence electrons. The van der Waals surface area contributed by atoms with Crippen LogP contribution in [0, 0.1) is 5.82 Å². The van der Waals surface area contributed by atoms with Gasteiger partial charge in [-0.25, -0.2) is 14.4 Å². The molecule has 2 atom stereocenters. The van der Waals surface area contributed by atoms with Gasteiger partial charge in [0.2, 0.25) is 0 Å². The lowest BCUT2D eigenvalue weighted by molar-refractivity contribution is 0.0572. The Morgan fingerprint density at radius 3 is 2.30 bits per heavy atom. The van der Waals surface area contributed by atoms with Gasteiger partial charge in [-0.15, -0.1) is 0 Å². The standard InChI is InChI=1S/C21H19FN4O4/c22-13-3-7-15(8-4-13)30-14-5-1-12(2-6-14)21-24-16(20(23)29)9-19(25-21)26-10-17(27)18(28)11-26/h1-9,17-18,27-28H,10-11H2,(H2,23,29)/p+1. The number of hydrogen-bond donors (Lipinski definition) is 2. The molecule has 9 heteroatoms. The number of rotatable bonds is 5. The van der Waals surface area contributed by atoms with E-state index in [1.54, 1.807) is 29.2 Å². The number of amides is 1. The van der Waals surface area contributed by atoms with E-state index >= 15 is 0 Å². The number of aliphatic hydroxyl groups is 1. The summed E-state index contributed by atoms with van der Waals surface area (Å²) in [5, 5.41) is 17.7. The van der Waals surface area contributed by atoms with Crippen molar-refractivity contribution in [1.82, 2.24) is 9.97 Å². The molecular formula is C21H20FN4O4+. The van der Waals surface area contributed by atoms with Crippen LogP contribution in [0.3, 0.4) is 0 Å². The largest absolute Gasteiger partial charge is 0.457 e. The highest BCUT2D eigenvalue weighted by atomic mass is 19.1. The summed E-state index contributed by atoms with van der Waals surface area (Å²) >= 11 is 0. The lowest BCUT2D eigenvalue weighted by Gasteiger charge is -2.17. The van der Waals surface area contributed by atoms with Crippen molar-refractivity contribution >= 4 is 11.7 Å². The molecule has 0 spiro atoms. The van der Waals surface area contributed by atoms with Crippen LogP contribution in [-0.2, 0) is 0 Å². The minimum atomic E-state index is -0.789. The zero-order valence-corrected chi connectivity index (χ0v) is 15.8. The average molecular weight is 411 g/mol. The summed E-state index contributed by atoms with van der Waals surface area (Å²) in [5.74, 6) is 0.708. The van der Waals surface area contributed by atoms with Crippen molar-refractivity contribution in [2.75, 3.05) is 18.0 Å². The summed E-state index contributed by atoms with van der Waals surface area (Å²) in [4.78, 5) is 22.2. The van der Waals surface area contributed by atoms with Crippen LogP contribution in [0.15, 0.2) is 54.6 Å². The fourth-order valence-corrected chi connectivity index (χ4v) is 3.14. The number of nitrogens with two attached hydrogens (primary N) is 1. The van der Waals surface area contributed by atoms with Gasteiger partial charge in [0.25, 0.3) is 5.91 Å². The fourth-order valence-electron chi connectivity index (χ4n) is 3.14. The van der Waals surface area contributed by atoms with Crippen LogP contribution in [-0.4, -0.2) is 51.4 Å². The number of carbonyl (C=O) groups excluding carboxylic acids is 1. The number of aromatic nitrogens is 2. The Kier molecular flexibility index (Phi) is 5.30. The highest BCUT2D eigenvalue weighted by Crippen LogP contribution is 2.27. The van der Waals surface area contributed by atoms with Gasteiger partial charge in [0.15, 0.2) is 11.9 Å². The van der Waals surface area contributed by atoms with Gasteiger partial charge in [-0.05, 0) is 48.5 Å². The second kappa shape index (κ2) is 8.05. The normalized spacial score (nSPS) is 18.4. The molecule has 5 N–H and O–H groups in total. The van der Waals surface area contributed by atoms with Crippen LogP contribution in [0.5, 0.6) is 11.5 Å². The van der Waals surface area contributed by atoms with Crippen LogP contribution in [0.2, 0.25) is 0 Å². The summed E-state index contributed by atoms with van der Waals surface area (Å²) < 4.78 is 18.7. The monoisotopic (exact) mass is 411 g/mol. The third-order valence-electron chi connectivity index (χ3n) is 4.74. The van der Waals surface area contributed by atoms with Crippen molar-refractivity contribution in [3.05, 3.63) is 66.1 Å². The smallest absolute Gasteiger partial charge is 0.267 e. The zero-order valence-electron chi connectivity index (χ0n) is 15.8. The number of nitrogens with zero attached hydrogens (tertiary/aromatic N) is 3. The molecule has 1 aromatic heterocycles. The van der Waals surface area contributed by atoms with E-state index < -0.39 is 18.1 Å². The minimum Gasteiger partial charge on any atom is -0.457 e. The molecule has 8 nitrogen and oxygen atoms in total. The maximum atomic E-state index is 13.0. The van der Waals surface area contributed by atoms with E-state index in [1.165, 1.54) is 30.3 Å². The van der Waals surface area contributed by atoms with E-state index in [0.29, 0.717) is 29.4 Å². The highest BCUT2D eigenvalue weighted by molar-refractivity contribution is 5.92. The van der Waals surface area contributed by atoms with Crippen LogP contribution >= 0.6 is 0 Å². The first-order chi connectivity index (χ1) is 14.4. The summed E-state index contributed by atoms with van der Waals surface area (Å²) in [6.07, 6.45) is -1.44. The predicted molar refractivity (Wildman–Crippen MR) is 108 cm³/mol. The van der Waals surface area contributed by atoms with Gasteiger partial charge in [0.05, 0.1) is 13.1 Å². The Bertz CT molecular complexity index is 1050. The number of primary amides is 1. The van der Waals surface area contributed by atoms with E-state index in [4.69, 9.17) is 15.6 Å². The molecule has 1 aliphatic rings. The number of hydrogen-bond acceptors (Lipinski definition) is 6. The number of halogens is 1. The molecule has 0 bridgehead atoms. The molecule has 1 saturated heterocycles. The first-order valence-electron chi connectivity index (χ1n) is 9.26. The van der Waals surface area contributed by atoms with Gasteiger partial charge < -0.3 is 25.6 Å². The zero-order chi connectivity index (χ0) is 21.3. The Morgan fingerprint density at radius 2 is 1.73 bits per heavy atom.